The van der Waals surface area contributed by atoms with Crippen molar-refractivity contribution in [2.45, 2.75) is 30.9 Å². The van der Waals surface area contributed by atoms with Gasteiger partial charge in [0.2, 0.25) is 5.91 Å². The molecule has 0 bridgehead atoms. The Balaban J connectivity index is 1.39. The molecule has 1 aliphatic rings. The van der Waals surface area contributed by atoms with Crippen LogP contribution in [0.15, 0.2) is 16.3 Å². The zero-order valence-corrected chi connectivity index (χ0v) is 21.2. The Hall–Kier alpha value is -1.57. The number of ether oxygens (including phenoxy) is 1. The number of sulfonamides is 1. The lowest BCUT2D eigenvalue weighted by molar-refractivity contribution is -0.120. The molecule has 0 saturated carbocycles. The molecule has 3 aromatic rings. The summed E-state index contributed by atoms with van der Waals surface area (Å²) >= 11 is 9.47. The number of amides is 1. The standard InChI is InChI=1S/C19H20ClN3O5S4/c1-3-28-18(25)15-10(2)14-17(30-15)22-19(31-14)21-16(24)11-6-8-23(9-7-11)32(26,27)13-5-4-12(20)29-13/h4-5,11H,3,6-9H2,1-2H3,(H,21,22,24). The molecule has 1 fully saturated rings. The fraction of sp³-hybridized carbons (Fsp3) is 0.421. The van der Waals surface area contributed by atoms with E-state index in [-0.39, 0.29) is 35.1 Å². The van der Waals surface area contributed by atoms with Crippen LogP contribution in [0.2, 0.25) is 4.34 Å². The molecule has 4 rings (SSSR count). The Kier molecular flexibility index (Phi) is 6.89. The number of nitrogens with one attached hydrogen (secondary N) is 1. The van der Waals surface area contributed by atoms with E-state index >= 15 is 0 Å². The molecule has 3 aromatic heterocycles. The van der Waals surface area contributed by atoms with Crippen molar-refractivity contribution in [3.05, 3.63) is 26.9 Å². The van der Waals surface area contributed by atoms with E-state index in [9.17, 15) is 18.0 Å². The lowest BCUT2D eigenvalue weighted by atomic mass is 9.97. The maximum Gasteiger partial charge on any atom is 0.348 e. The van der Waals surface area contributed by atoms with Gasteiger partial charge in [0.15, 0.2) is 5.13 Å². The van der Waals surface area contributed by atoms with Crippen LogP contribution in [-0.4, -0.2) is 49.3 Å². The normalized spacial score (nSPS) is 15.8. The Bertz CT molecular complexity index is 1270. The van der Waals surface area contributed by atoms with E-state index in [2.05, 4.69) is 10.3 Å². The molecular formula is C19H20ClN3O5S4. The Morgan fingerprint density at radius 1 is 1.25 bits per heavy atom. The van der Waals surface area contributed by atoms with Gasteiger partial charge >= 0.3 is 5.97 Å². The molecule has 0 aromatic carbocycles. The number of nitrogens with zero attached hydrogens (tertiary/aromatic N) is 2. The summed E-state index contributed by atoms with van der Waals surface area (Å²) in [6.07, 6.45) is 0.853. The van der Waals surface area contributed by atoms with Gasteiger partial charge in [-0.2, -0.15) is 4.31 Å². The van der Waals surface area contributed by atoms with Gasteiger partial charge in [-0.3, -0.25) is 4.79 Å². The van der Waals surface area contributed by atoms with Crippen LogP contribution in [0.4, 0.5) is 5.13 Å². The van der Waals surface area contributed by atoms with Crippen LogP contribution in [0.3, 0.4) is 0 Å². The zero-order chi connectivity index (χ0) is 23.0. The fourth-order valence-electron chi connectivity index (χ4n) is 3.46. The molecule has 13 heteroatoms. The minimum Gasteiger partial charge on any atom is -0.462 e. The van der Waals surface area contributed by atoms with Gasteiger partial charge in [-0.15, -0.1) is 22.7 Å². The molecule has 1 N–H and O–H groups in total. The third-order valence-corrected chi connectivity index (χ3v) is 11.1. The largest absolute Gasteiger partial charge is 0.462 e. The third kappa shape index (κ3) is 4.57. The summed E-state index contributed by atoms with van der Waals surface area (Å²) in [5.41, 5.74) is 0.800. The molecule has 1 amide bonds. The maximum absolute atomic E-state index is 12.7. The van der Waals surface area contributed by atoms with E-state index in [0.717, 1.165) is 21.6 Å². The van der Waals surface area contributed by atoms with Gasteiger partial charge in [0.25, 0.3) is 10.0 Å². The number of hydrogen-bond acceptors (Lipinski definition) is 9. The molecule has 0 aliphatic carbocycles. The summed E-state index contributed by atoms with van der Waals surface area (Å²) in [5, 5.41) is 3.32. The first-order chi connectivity index (χ1) is 15.2. The van der Waals surface area contributed by atoms with Crippen molar-refractivity contribution in [2.75, 3.05) is 25.0 Å². The minimum atomic E-state index is -3.59. The lowest BCUT2D eigenvalue weighted by Crippen LogP contribution is -2.41. The highest BCUT2D eigenvalue weighted by molar-refractivity contribution is 7.91. The van der Waals surface area contributed by atoms with Gasteiger partial charge in [0, 0.05) is 19.0 Å². The van der Waals surface area contributed by atoms with Crippen LogP contribution in [0.1, 0.15) is 35.0 Å². The van der Waals surface area contributed by atoms with E-state index in [4.69, 9.17) is 16.3 Å². The minimum absolute atomic E-state index is 0.175. The Labute approximate surface area is 202 Å². The van der Waals surface area contributed by atoms with Gasteiger partial charge in [-0.05, 0) is 44.4 Å². The summed E-state index contributed by atoms with van der Waals surface area (Å²) in [6, 6.07) is 3.07. The molecule has 32 heavy (non-hydrogen) atoms. The summed E-state index contributed by atoms with van der Waals surface area (Å²) in [5.74, 6) is -0.838. The third-order valence-electron chi connectivity index (χ3n) is 5.13. The number of thiazole rings is 1. The highest BCUT2D eigenvalue weighted by atomic mass is 35.5. The number of thiophene rings is 2. The SMILES string of the molecule is CCOC(=O)c1sc2nc(NC(=O)C3CCN(S(=O)(=O)c4ccc(Cl)s4)CC3)sc2c1C. The van der Waals surface area contributed by atoms with Crippen molar-refractivity contribution < 1.29 is 22.7 Å². The van der Waals surface area contributed by atoms with Crippen molar-refractivity contribution in [3.8, 4) is 0 Å². The van der Waals surface area contributed by atoms with Crippen LogP contribution in [0, 0.1) is 12.8 Å². The van der Waals surface area contributed by atoms with Crippen molar-refractivity contribution in [3.63, 3.8) is 0 Å². The van der Waals surface area contributed by atoms with Crippen LogP contribution in [-0.2, 0) is 19.6 Å². The first-order valence-electron chi connectivity index (χ1n) is 9.84. The van der Waals surface area contributed by atoms with E-state index in [1.54, 1.807) is 13.0 Å². The number of anilines is 1. The highest BCUT2D eigenvalue weighted by Crippen LogP contribution is 2.38. The van der Waals surface area contributed by atoms with Gasteiger partial charge in [-0.1, -0.05) is 22.9 Å². The second kappa shape index (κ2) is 9.35. The van der Waals surface area contributed by atoms with Crippen molar-refractivity contribution in [2.24, 2.45) is 5.92 Å². The number of aromatic nitrogens is 1. The summed E-state index contributed by atoms with van der Waals surface area (Å²) in [4.78, 5) is 30.4. The van der Waals surface area contributed by atoms with Crippen LogP contribution >= 0.6 is 45.6 Å². The number of fused-ring (bicyclic) bond motifs is 1. The number of halogens is 1. The molecular weight excluding hydrogens is 514 g/mol. The van der Waals surface area contributed by atoms with Crippen molar-refractivity contribution >= 4 is 82.2 Å². The van der Waals surface area contributed by atoms with Crippen molar-refractivity contribution in [1.29, 1.82) is 0 Å². The van der Waals surface area contributed by atoms with E-state index in [1.807, 2.05) is 6.92 Å². The van der Waals surface area contributed by atoms with Gasteiger partial charge in [-0.25, -0.2) is 18.2 Å². The predicted octanol–water partition coefficient (Wildman–Crippen LogP) is 4.60. The molecule has 4 heterocycles. The molecule has 8 nitrogen and oxygen atoms in total. The number of aryl methyl sites for hydroxylation is 1. The smallest absolute Gasteiger partial charge is 0.348 e. The molecule has 0 radical (unpaired) electrons. The van der Waals surface area contributed by atoms with Gasteiger partial charge in [0.05, 0.1) is 15.6 Å². The van der Waals surface area contributed by atoms with Crippen LogP contribution < -0.4 is 5.32 Å². The molecule has 0 spiro atoms. The quantitative estimate of drug-likeness (QED) is 0.464. The van der Waals surface area contributed by atoms with E-state index in [0.29, 0.717) is 38.6 Å². The topological polar surface area (TPSA) is 106 Å². The first-order valence-corrected chi connectivity index (χ1v) is 14.1. The molecule has 1 saturated heterocycles. The molecule has 0 atom stereocenters. The van der Waals surface area contributed by atoms with Crippen LogP contribution in [0.25, 0.3) is 9.53 Å². The van der Waals surface area contributed by atoms with Crippen LogP contribution in [0.5, 0.6) is 0 Å². The second-order valence-electron chi connectivity index (χ2n) is 7.16. The average molecular weight is 534 g/mol. The first kappa shape index (κ1) is 23.6. The number of piperidine rings is 1. The van der Waals surface area contributed by atoms with Crippen molar-refractivity contribution in [1.82, 2.24) is 9.29 Å². The van der Waals surface area contributed by atoms with E-state index in [1.165, 1.54) is 33.0 Å². The molecule has 172 valence electrons. The average Bonchev–Trinajstić information content (AvgIpc) is 3.45. The molecule has 0 unspecified atom stereocenters. The lowest BCUT2D eigenvalue weighted by Gasteiger charge is -2.29. The number of rotatable bonds is 6. The van der Waals surface area contributed by atoms with E-state index < -0.39 is 10.0 Å². The number of carbonyl (C=O) groups excluding carboxylic acids is 2. The number of hydrogen-bond donors (Lipinski definition) is 1. The number of esters is 1. The van der Waals surface area contributed by atoms with Gasteiger partial charge in [0.1, 0.15) is 13.9 Å². The maximum atomic E-state index is 12.7. The summed E-state index contributed by atoms with van der Waals surface area (Å²) in [6.45, 7) is 4.44. The Morgan fingerprint density at radius 3 is 2.56 bits per heavy atom. The predicted molar refractivity (Wildman–Crippen MR) is 128 cm³/mol. The summed E-state index contributed by atoms with van der Waals surface area (Å²) < 4.78 is 33.4. The molecule has 1 aliphatic heterocycles. The highest BCUT2D eigenvalue weighted by Gasteiger charge is 2.33. The Morgan fingerprint density at radius 2 is 1.97 bits per heavy atom. The summed E-state index contributed by atoms with van der Waals surface area (Å²) in [7, 11) is -3.59. The monoisotopic (exact) mass is 533 g/mol. The number of carbonyl (C=O) groups is 2. The fourth-order valence-corrected chi connectivity index (χ4v) is 8.79. The second-order valence-corrected chi connectivity index (χ2v) is 13.0. The zero-order valence-electron chi connectivity index (χ0n) is 17.2. The van der Waals surface area contributed by atoms with Gasteiger partial charge < -0.3 is 10.1 Å².